The van der Waals surface area contributed by atoms with Gasteiger partial charge >= 0.3 is 11.9 Å². The van der Waals surface area contributed by atoms with Gasteiger partial charge in [-0.3, -0.25) is 9.59 Å². The number of hydrogen-bond donors (Lipinski definition) is 2. The van der Waals surface area contributed by atoms with Crippen LogP contribution in [0.2, 0.25) is 0 Å². The maximum absolute atomic E-state index is 12.6. The van der Waals surface area contributed by atoms with Crippen LogP contribution in [0.15, 0.2) is 22.8 Å². The summed E-state index contributed by atoms with van der Waals surface area (Å²) in [7, 11) is 0. The maximum atomic E-state index is 12.6. The molecule has 4 aliphatic rings. The minimum Gasteiger partial charge on any atom is -0.478 e. The third-order valence-electron chi connectivity index (χ3n) is 11.4. The van der Waals surface area contributed by atoms with Crippen molar-refractivity contribution in [1.82, 2.24) is 0 Å². The maximum Gasteiger partial charge on any atom is 0.331 e. The molecule has 0 amide bonds. The van der Waals surface area contributed by atoms with Crippen LogP contribution >= 0.6 is 0 Å². The second kappa shape index (κ2) is 9.66. The summed E-state index contributed by atoms with van der Waals surface area (Å²) in [5.41, 5.74) is 1.42. The summed E-state index contributed by atoms with van der Waals surface area (Å²) in [6.45, 7) is 14.3. The molecule has 4 saturated carbocycles. The highest BCUT2D eigenvalue weighted by atomic mass is 16.5. The average molecular weight is 515 g/mol. The second-order valence-electron chi connectivity index (χ2n) is 13.4. The number of esters is 1. The first-order chi connectivity index (χ1) is 17.2. The number of rotatable bonds is 5. The summed E-state index contributed by atoms with van der Waals surface area (Å²) in [4.78, 5) is 37.4. The van der Waals surface area contributed by atoms with Crippen LogP contribution in [0, 0.1) is 39.9 Å². The monoisotopic (exact) mass is 514 g/mol. The van der Waals surface area contributed by atoms with Gasteiger partial charge in [0.2, 0.25) is 0 Å². The van der Waals surface area contributed by atoms with Gasteiger partial charge in [0.25, 0.3) is 0 Å². The molecule has 0 aromatic carbocycles. The summed E-state index contributed by atoms with van der Waals surface area (Å²) >= 11 is 0. The Balaban J connectivity index is 1.83. The molecule has 0 aromatic heterocycles. The van der Waals surface area contributed by atoms with E-state index in [0.29, 0.717) is 49.0 Å². The number of fused-ring (bicyclic) bond motifs is 5. The number of aliphatic hydroxyl groups excluding tert-OH is 1. The quantitative estimate of drug-likeness (QED) is 0.270. The van der Waals surface area contributed by atoms with Gasteiger partial charge in [-0.05, 0) is 98.4 Å². The Morgan fingerprint density at radius 2 is 1.78 bits per heavy atom. The second-order valence-corrected chi connectivity index (χ2v) is 13.4. The van der Waals surface area contributed by atoms with Crippen LogP contribution in [0.5, 0.6) is 0 Å². The fraction of sp³-hybridized carbons (Fsp3) is 0.774. The van der Waals surface area contributed by atoms with Crippen molar-refractivity contribution >= 4 is 17.7 Å². The number of carbonyl (C=O) groups excluding carboxylic acids is 2. The molecule has 6 nitrogen and oxygen atoms in total. The molecule has 4 fully saturated rings. The molecule has 2 unspecified atom stereocenters. The SMILES string of the molecule is CC(=O)O[C@H]1C[C@@]2(C)C(C[C@@H](O)[C@H]3[C@@]4(C)CCC(=O)[C@@H](C)C4CC[C@@]32C)/C1=C(\CCC=C(C)C)C(=O)O. The van der Waals surface area contributed by atoms with Crippen LogP contribution in [0.1, 0.15) is 99.8 Å². The zero-order valence-corrected chi connectivity index (χ0v) is 23.7. The first-order valence-corrected chi connectivity index (χ1v) is 14.1. The predicted octanol–water partition coefficient (Wildman–Crippen LogP) is 5.87. The van der Waals surface area contributed by atoms with E-state index in [9.17, 15) is 24.6 Å². The van der Waals surface area contributed by atoms with Gasteiger partial charge < -0.3 is 14.9 Å². The van der Waals surface area contributed by atoms with E-state index < -0.39 is 24.1 Å². The van der Waals surface area contributed by atoms with E-state index in [-0.39, 0.29) is 39.9 Å². The fourth-order valence-corrected chi connectivity index (χ4v) is 9.60. The molecular weight excluding hydrogens is 468 g/mol. The van der Waals surface area contributed by atoms with Crippen molar-refractivity contribution in [3.63, 3.8) is 0 Å². The number of aliphatic carboxylic acids is 1. The predicted molar refractivity (Wildman–Crippen MR) is 142 cm³/mol. The van der Waals surface area contributed by atoms with Gasteiger partial charge in [-0.15, -0.1) is 0 Å². The molecule has 0 radical (unpaired) electrons. The number of ether oxygens (including phenoxy) is 1. The van der Waals surface area contributed by atoms with Gasteiger partial charge in [0.15, 0.2) is 0 Å². The van der Waals surface area contributed by atoms with Gasteiger partial charge in [-0.1, -0.05) is 39.3 Å². The Labute approximate surface area is 221 Å². The van der Waals surface area contributed by atoms with Crippen LogP contribution in [0.25, 0.3) is 0 Å². The van der Waals surface area contributed by atoms with E-state index >= 15 is 0 Å². The van der Waals surface area contributed by atoms with Crippen LogP contribution in [-0.4, -0.2) is 40.1 Å². The normalized spacial score (nSPS) is 44.3. The standard InChI is InChI=1S/C31H46O6/c1-17(2)9-8-10-20(28(35)36)26-22-15-24(34)27-29(5)13-12-23(33)18(3)21(29)11-14-30(27,6)31(22,7)16-25(26)37-19(4)32/h9,18,21-22,24-25,27,34H,8,10-16H2,1-7H3,(H,35,36)/b26-20-/t18-,21?,22?,24+,25-,27-,29-,30-,31-/m0/s1. The topological polar surface area (TPSA) is 101 Å². The summed E-state index contributed by atoms with van der Waals surface area (Å²) in [6.07, 6.45) is 6.01. The average Bonchev–Trinajstić information content (AvgIpc) is 3.05. The van der Waals surface area contributed by atoms with Crippen LogP contribution in [0.4, 0.5) is 0 Å². The Bertz CT molecular complexity index is 1040. The zero-order valence-electron chi connectivity index (χ0n) is 23.7. The smallest absolute Gasteiger partial charge is 0.331 e. The number of aliphatic hydroxyl groups is 1. The molecule has 0 heterocycles. The van der Waals surface area contributed by atoms with Crippen molar-refractivity contribution in [1.29, 1.82) is 0 Å². The lowest BCUT2D eigenvalue weighted by Crippen LogP contribution is -2.65. The molecular formula is C31H46O6. The van der Waals surface area contributed by atoms with E-state index in [0.717, 1.165) is 24.8 Å². The van der Waals surface area contributed by atoms with Crippen molar-refractivity contribution in [2.75, 3.05) is 0 Å². The molecule has 4 aliphatic carbocycles. The Kier molecular flexibility index (Phi) is 7.33. The highest BCUT2D eigenvalue weighted by molar-refractivity contribution is 5.88. The van der Waals surface area contributed by atoms with Crippen molar-refractivity contribution < 1.29 is 29.3 Å². The number of allylic oxidation sites excluding steroid dienone is 2. The van der Waals surface area contributed by atoms with E-state index in [1.54, 1.807) is 0 Å². The number of ketones is 1. The van der Waals surface area contributed by atoms with E-state index in [2.05, 4.69) is 27.7 Å². The Hall–Kier alpha value is -1.95. The lowest BCUT2D eigenvalue weighted by atomic mass is 9.36. The molecule has 206 valence electrons. The van der Waals surface area contributed by atoms with E-state index in [1.807, 2.05) is 19.9 Å². The Morgan fingerprint density at radius 3 is 2.38 bits per heavy atom. The van der Waals surface area contributed by atoms with Crippen LogP contribution in [-0.2, 0) is 19.1 Å². The minimum atomic E-state index is -0.962. The van der Waals surface area contributed by atoms with E-state index in [4.69, 9.17) is 4.74 Å². The molecule has 2 N–H and O–H groups in total. The highest BCUT2D eigenvalue weighted by Crippen LogP contribution is 2.74. The molecule has 0 saturated heterocycles. The van der Waals surface area contributed by atoms with Gasteiger partial charge in [0.05, 0.1) is 6.10 Å². The van der Waals surface area contributed by atoms with Crippen LogP contribution < -0.4 is 0 Å². The lowest BCUT2D eigenvalue weighted by molar-refractivity contribution is -0.223. The molecule has 4 rings (SSSR count). The fourth-order valence-electron chi connectivity index (χ4n) is 9.60. The molecule has 37 heavy (non-hydrogen) atoms. The van der Waals surface area contributed by atoms with Gasteiger partial charge in [-0.2, -0.15) is 0 Å². The summed E-state index contributed by atoms with van der Waals surface area (Å²) in [5, 5.41) is 22.2. The number of carbonyl (C=O) groups is 3. The largest absolute Gasteiger partial charge is 0.478 e. The molecule has 0 aliphatic heterocycles. The van der Waals surface area contributed by atoms with Crippen molar-refractivity contribution in [3.8, 4) is 0 Å². The van der Waals surface area contributed by atoms with Crippen molar-refractivity contribution in [2.24, 2.45) is 39.9 Å². The van der Waals surface area contributed by atoms with E-state index in [1.165, 1.54) is 6.92 Å². The number of Topliss-reactive ketones (excluding diaryl/α,β-unsaturated/α-hetero) is 1. The third-order valence-corrected chi connectivity index (χ3v) is 11.4. The first-order valence-electron chi connectivity index (χ1n) is 14.1. The highest BCUT2D eigenvalue weighted by Gasteiger charge is 2.70. The minimum absolute atomic E-state index is 0.00236. The first kappa shape index (κ1) is 28.1. The number of hydrogen-bond acceptors (Lipinski definition) is 5. The summed E-state index contributed by atoms with van der Waals surface area (Å²) < 4.78 is 5.86. The lowest BCUT2D eigenvalue weighted by Gasteiger charge is -2.68. The Morgan fingerprint density at radius 1 is 1.11 bits per heavy atom. The summed E-state index contributed by atoms with van der Waals surface area (Å²) in [6, 6.07) is 0. The number of carboxylic acids is 1. The zero-order chi connectivity index (χ0) is 27.5. The third kappa shape index (κ3) is 4.31. The van der Waals surface area contributed by atoms with Crippen molar-refractivity contribution in [3.05, 3.63) is 22.8 Å². The van der Waals surface area contributed by atoms with Gasteiger partial charge in [-0.25, -0.2) is 4.79 Å². The summed E-state index contributed by atoms with van der Waals surface area (Å²) in [5.74, 6) is -0.945. The molecule has 6 heteroatoms. The molecule has 0 aromatic rings. The molecule has 0 bridgehead atoms. The van der Waals surface area contributed by atoms with Gasteiger partial charge in [0, 0.05) is 24.8 Å². The number of carboxylic acid groups (broad SMARTS) is 1. The molecule has 9 atom stereocenters. The molecule has 0 spiro atoms. The van der Waals surface area contributed by atoms with Crippen LogP contribution in [0.3, 0.4) is 0 Å². The van der Waals surface area contributed by atoms with Gasteiger partial charge in [0.1, 0.15) is 11.9 Å². The van der Waals surface area contributed by atoms with Crippen molar-refractivity contribution in [2.45, 2.75) is 112 Å².